The lowest BCUT2D eigenvalue weighted by Crippen LogP contribution is -2.16. The topological polar surface area (TPSA) is 35.9 Å². The molecule has 0 aliphatic heterocycles. The Labute approximate surface area is 48.4 Å². The molecular formula is C4H7N2S. The van der Waals surface area contributed by atoms with Crippen molar-refractivity contribution >= 4 is 23.5 Å². The molecule has 0 saturated heterocycles. The molecule has 0 aromatic rings. The van der Waals surface area contributed by atoms with Crippen molar-refractivity contribution in [1.82, 2.24) is 5.32 Å². The smallest absolute Gasteiger partial charge is 0.166 e. The Morgan fingerprint density at radius 3 is 2.71 bits per heavy atom. The summed E-state index contributed by atoms with van der Waals surface area (Å²) in [5.41, 5.74) is 0. The first-order valence-corrected chi connectivity index (χ1v) is 2.42. The minimum Gasteiger partial charge on any atom is -0.332 e. The van der Waals surface area contributed by atoms with E-state index in [9.17, 15) is 0 Å². The third kappa shape index (κ3) is 3.39. The summed E-state index contributed by atoms with van der Waals surface area (Å²) < 4.78 is 0. The van der Waals surface area contributed by atoms with Gasteiger partial charge in [-0.15, -0.1) is 0 Å². The van der Waals surface area contributed by atoms with Gasteiger partial charge in [0.25, 0.3) is 0 Å². The van der Waals surface area contributed by atoms with E-state index in [1.165, 1.54) is 0 Å². The Morgan fingerprint density at radius 1 is 2.00 bits per heavy atom. The van der Waals surface area contributed by atoms with Crippen LogP contribution in [0.4, 0.5) is 0 Å². The van der Waals surface area contributed by atoms with Crippen LogP contribution in [0.3, 0.4) is 0 Å². The molecule has 0 saturated carbocycles. The van der Waals surface area contributed by atoms with Crippen LogP contribution in [0, 0.1) is 5.41 Å². The Balaban J connectivity index is 3.17. The first kappa shape index (κ1) is 6.56. The van der Waals surface area contributed by atoms with Crippen LogP contribution in [-0.4, -0.2) is 11.3 Å². The highest BCUT2D eigenvalue weighted by Gasteiger charge is 1.82. The van der Waals surface area contributed by atoms with Gasteiger partial charge in [-0.1, -0.05) is 19.1 Å². The maximum absolute atomic E-state index is 6.39. The van der Waals surface area contributed by atoms with E-state index in [0.717, 1.165) is 6.42 Å². The lowest BCUT2D eigenvalue weighted by atomic mass is 10.5. The fourth-order valence-electron chi connectivity index (χ4n) is 0.158. The Kier molecular flexibility index (Phi) is 3.50. The first-order valence-electron chi connectivity index (χ1n) is 2.01. The van der Waals surface area contributed by atoms with E-state index in [1.54, 1.807) is 0 Å². The zero-order chi connectivity index (χ0) is 5.70. The highest BCUT2D eigenvalue weighted by atomic mass is 32.1. The molecule has 0 fully saturated rings. The van der Waals surface area contributed by atoms with E-state index < -0.39 is 0 Å². The molecule has 2 N–H and O–H groups in total. The SMILES string of the molecule is CCC(=S)N[C]=N. The van der Waals surface area contributed by atoms with Gasteiger partial charge in [-0.2, -0.15) is 0 Å². The molecule has 1 radical (unpaired) electrons. The molecule has 0 amide bonds. The van der Waals surface area contributed by atoms with Gasteiger partial charge in [0.15, 0.2) is 6.34 Å². The average molecular weight is 115 g/mol. The van der Waals surface area contributed by atoms with Crippen molar-refractivity contribution in [2.45, 2.75) is 13.3 Å². The molecule has 3 heteroatoms. The van der Waals surface area contributed by atoms with Crippen LogP contribution in [-0.2, 0) is 0 Å². The van der Waals surface area contributed by atoms with E-state index in [4.69, 9.17) is 5.41 Å². The number of thiocarbonyl (C=S) groups is 1. The molecule has 0 aliphatic rings. The maximum atomic E-state index is 6.39. The van der Waals surface area contributed by atoms with Gasteiger partial charge in [-0.25, -0.2) is 0 Å². The van der Waals surface area contributed by atoms with Gasteiger partial charge in [0.1, 0.15) is 0 Å². The molecule has 0 aliphatic carbocycles. The summed E-state index contributed by atoms with van der Waals surface area (Å²) in [6.45, 7) is 1.92. The molecule has 7 heavy (non-hydrogen) atoms. The Bertz CT molecular complexity index is 79.8. The second kappa shape index (κ2) is 3.74. The van der Waals surface area contributed by atoms with E-state index in [-0.39, 0.29) is 0 Å². The third-order valence-electron chi connectivity index (χ3n) is 0.523. The molecule has 0 spiro atoms. The molecule has 0 aromatic heterocycles. The normalized spacial score (nSPS) is 7.57. The van der Waals surface area contributed by atoms with Crippen LogP contribution in [0.25, 0.3) is 0 Å². The number of nitrogens with one attached hydrogen (secondary N) is 2. The fourth-order valence-corrected chi connectivity index (χ4v) is 0.209. The van der Waals surface area contributed by atoms with Crippen molar-refractivity contribution in [3.63, 3.8) is 0 Å². The zero-order valence-corrected chi connectivity index (χ0v) is 4.93. The van der Waals surface area contributed by atoms with Gasteiger partial charge in [0.2, 0.25) is 0 Å². The van der Waals surface area contributed by atoms with Crippen LogP contribution in [0.15, 0.2) is 0 Å². The monoisotopic (exact) mass is 115 g/mol. The summed E-state index contributed by atoms with van der Waals surface area (Å²) in [6.07, 6.45) is 2.76. The van der Waals surface area contributed by atoms with Crippen molar-refractivity contribution in [3.8, 4) is 0 Å². The van der Waals surface area contributed by atoms with Gasteiger partial charge >= 0.3 is 0 Å². The minimum atomic E-state index is 0.662. The molecule has 0 bridgehead atoms. The van der Waals surface area contributed by atoms with E-state index in [0.29, 0.717) is 4.99 Å². The Morgan fingerprint density at radius 2 is 2.57 bits per heavy atom. The minimum absolute atomic E-state index is 0.662. The standard InChI is InChI=1S/C4H7N2S/c1-2-4(7)6-3-5/h2H2,1H3,(H2,5,6,7). The quantitative estimate of drug-likeness (QED) is 0.242. The highest BCUT2D eigenvalue weighted by Crippen LogP contribution is 1.74. The van der Waals surface area contributed by atoms with Crippen molar-refractivity contribution < 1.29 is 0 Å². The second-order valence-corrected chi connectivity index (χ2v) is 1.52. The molecule has 0 atom stereocenters. The maximum Gasteiger partial charge on any atom is 0.166 e. The van der Waals surface area contributed by atoms with Crippen molar-refractivity contribution in [2.75, 3.05) is 0 Å². The van der Waals surface area contributed by atoms with E-state index >= 15 is 0 Å². The average Bonchev–Trinajstić information content (AvgIpc) is 1.68. The largest absolute Gasteiger partial charge is 0.332 e. The van der Waals surface area contributed by atoms with Gasteiger partial charge in [0.05, 0.1) is 4.99 Å². The summed E-state index contributed by atoms with van der Waals surface area (Å²) in [4.78, 5) is 0.662. The number of hydrogen-bond donors (Lipinski definition) is 2. The van der Waals surface area contributed by atoms with Crippen LogP contribution < -0.4 is 5.32 Å². The zero-order valence-electron chi connectivity index (χ0n) is 4.12. The first-order chi connectivity index (χ1) is 3.31. The molecule has 0 heterocycles. The number of hydrogen-bond acceptors (Lipinski definition) is 2. The molecule has 2 nitrogen and oxygen atoms in total. The van der Waals surface area contributed by atoms with Crippen molar-refractivity contribution in [1.29, 1.82) is 5.41 Å². The summed E-state index contributed by atoms with van der Waals surface area (Å²) >= 11 is 4.66. The van der Waals surface area contributed by atoms with Gasteiger partial charge in [-0.3, -0.25) is 5.41 Å². The lowest BCUT2D eigenvalue weighted by Gasteiger charge is -1.91. The predicted molar refractivity (Wildman–Crippen MR) is 33.8 cm³/mol. The van der Waals surface area contributed by atoms with Gasteiger partial charge in [-0.05, 0) is 6.42 Å². The molecular weight excluding hydrogens is 108 g/mol. The second-order valence-electron chi connectivity index (χ2n) is 1.03. The molecule has 0 aromatic carbocycles. The Hall–Kier alpha value is -0.440. The summed E-state index contributed by atoms with van der Waals surface area (Å²) in [5, 5.41) is 8.83. The van der Waals surface area contributed by atoms with Crippen molar-refractivity contribution in [2.24, 2.45) is 0 Å². The number of rotatable bonds is 2. The van der Waals surface area contributed by atoms with Crippen LogP contribution in [0.1, 0.15) is 13.3 Å². The summed E-state index contributed by atoms with van der Waals surface area (Å²) in [5.74, 6) is 0. The lowest BCUT2D eigenvalue weighted by molar-refractivity contribution is 1.23. The van der Waals surface area contributed by atoms with E-state index in [2.05, 4.69) is 17.5 Å². The van der Waals surface area contributed by atoms with Crippen LogP contribution in [0.5, 0.6) is 0 Å². The molecule has 0 rings (SSSR count). The third-order valence-corrected chi connectivity index (χ3v) is 0.914. The van der Waals surface area contributed by atoms with Crippen molar-refractivity contribution in [3.05, 3.63) is 0 Å². The summed E-state index contributed by atoms with van der Waals surface area (Å²) in [6, 6.07) is 0. The van der Waals surface area contributed by atoms with Gasteiger partial charge < -0.3 is 5.32 Å². The van der Waals surface area contributed by atoms with Gasteiger partial charge in [0, 0.05) is 0 Å². The van der Waals surface area contributed by atoms with Crippen LogP contribution in [0.2, 0.25) is 0 Å². The molecule has 39 valence electrons. The predicted octanol–water partition coefficient (Wildman–Crippen LogP) is 0.797. The van der Waals surface area contributed by atoms with Crippen LogP contribution >= 0.6 is 12.2 Å². The highest BCUT2D eigenvalue weighted by molar-refractivity contribution is 7.80. The summed E-state index contributed by atoms with van der Waals surface area (Å²) in [7, 11) is 0. The fraction of sp³-hybridized carbons (Fsp3) is 0.500. The molecule has 0 unspecified atom stereocenters. The van der Waals surface area contributed by atoms with E-state index in [1.807, 2.05) is 13.3 Å².